The van der Waals surface area contributed by atoms with Crippen molar-refractivity contribution in [2.75, 3.05) is 19.6 Å². The third-order valence-corrected chi connectivity index (χ3v) is 4.08. The minimum Gasteiger partial charge on any atom is -0.302 e. The fourth-order valence-corrected chi connectivity index (χ4v) is 3.34. The van der Waals surface area contributed by atoms with Crippen LogP contribution in [0, 0.1) is 5.92 Å². The van der Waals surface area contributed by atoms with Crippen LogP contribution in [0.1, 0.15) is 18.0 Å². The van der Waals surface area contributed by atoms with Gasteiger partial charge in [0.2, 0.25) is 0 Å². The van der Waals surface area contributed by atoms with E-state index in [0.29, 0.717) is 11.1 Å². The van der Waals surface area contributed by atoms with Crippen molar-refractivity contribution >= 4 is 23.3 Å². The molecule has 0 amide bonds. The van der Waals surface area contributed by atoms with Gasteiger partial charge in [-0.05, 0) is 18.9 Å². The van der Waals surface area contributed by atoms with E-state index in [1.165, 1.54) is 31.2 Å². The molecule has 0 aromatic carbocycles. The van der Waals surface area contributed by atoms with Gasteiger partial charge in [0, 0.05) is 19.0 Å². The third-order valence-electron chi connectivity index (χ3n) is 3.16. The van der Waals surface area contributed by atoms with Crippen molar-refractivity contribution in [2.24, 2.45) is 5.92 Å². The highest BCUT2D eigenvalue weighted by Crippen LogP contribution is 2.40. The lowest BCUT2D eigenvalue weighted by Gasteiger charge is -2.19. The lowest BCUT2D eigenvalue weighted by atomic mass is 9.90. The molecule has 2 saturated heterocycles. The van der Waals surface area contributed by atoms with Crippen molar-refractivity contribution in [2.45, 2.75) is 12.3 Å². The van der Waals surface area contributed by atoms with E-state index >= 15 is 0 Å². The van der Waals surface area contributed by atoms with Gasteiger partial charge in [0.25, 0.3) is 0 Å². The molecule has 3 nitrogen and oxygen atoms in total. The van der Waals surface area contributed by atoms with Gasteiger partial charge in [0.05, 0.1) is 17.4 Å². The number of aromatic nitrogens is 2. The Balaban J connectivity index is 1.91. The minimum absolute atomic E-state index is 0.556. The average Bonchev–Trinajstić information content (AvgIpc) is 2.77. The molecule has 2 aliphatic rings. The highest BCUT2D eigenvalue weighted by molar-refractivity contribution is 6.99. The maximum absolute atomic E-state index is 5.98. The smallest absolute Gasteiger partial charge is 0.166 e. The first-order valence-corrected chi connectivity index (χ1v) is 5.66. The van der Waals surface area contributed by atoms with Crippen molar-refractivity contribution in [1.82, 2.24) is 13.6 Å². The maximum atomic E-state index is 5.98. The first-order chi connectivity index (χ1) is 6.34. The van der Waals surface area contributed by atoms with Crippen LogP contribution in [0.25, 0.3) is 0 Å². The van der Waals surface area contributed by atoms with Crippen LogP contribution in [0.5, 0.6) is 0 Å². The molecular weight excluding hydrogens is 206 g/mol. The molecule has 5 heteroatoms. The predicted molar refractivity (Wildman–Crippen MR) is 52.2 cm³/mol. The summed E-state index contributed by atoms with van der Waals surface area (Å²) in [7, 11) is 0. The summed E-state index contributed by atoms with van der Waals surface area (Å²) in [4.78, 5) is 2.49. The van der Waals surface area contributed by atoms with Crippen LogP contribution >= 0.6 is 23.3 Å². The molecule has 1 aromatic rings. The fraction of sp³-hybridized carbons (Fsp3) is 0.750. The quantitative estimate of drug-likeness (QED) is 0.713. The molecule has 3 atom stereocenters. The molecular formula is C8H10ClN3S. The van der Waals surface area contributed by atoms with Crippen LogP contribution in [0.2, 0.25) is 5.15 Å². The Morgan fingerprint density at radius 3 is 2.85 bits per heavy atom. The van der Waals surface area contributed by atoms with Gasteiger partial charge in [-0.3, -0.25) is 0 Å². The summed E-state index contributed by atoms with van der Waals surface area (Å²) in [5.74, 6) is 1.33. The Morgan fingerprint density at radius 1 is 1.38 bits per heavy atom. The molecule has 1 aromatic heterocycles. The Hall–Kier alpha value is -0.190. The lowest BCUT2D eigenvalue weighted by Crippen LogP contribution is -2.22. The van der Waals surface area contributed by atoms with Gasteiger partial charge in [-0.15, -0.1) is 0 Å². The number of halogens is 1. The molecule has 0 N–H and O–H groups in total. The Bertz CT molecular complexity index is 327. The first-order valence-electron chi connectivity index (χ1n) is 4.55. The monoisotopic (exact) mass is 215 g/mol. The van der Waals surface area contributed by atoms with Crippen molar-refractivity contribution in [3.63, 3.8) is 0 Å². The van der Waals surface area contributed by atoms with E-state index in [1.807, 2.05) is 0 Å². The fourth-order valence-electron chi connectivity index (χ4n) is 2.50. The summed E-state index contributed by atoms with van der Waals surface area (Å²) in [6, 6.07) is 0. The zero-order valence-corrected chi connectivity index (χ0v) is 8.68. The SMILES string of the molecule is Clc1nsnc1[C@H]1CN2CCC1C2. The summed E-state index contributed by atoms with van der Waals surface area (Å²) in [5, 5.41) is 0.628. The largest absolute Gasteiger partial charge is 0.302 e. The van der Waals surface area contributed by atoms with Crippen LogP contribution in [-0.2, 0) is 0 Å². The second-order valence-electron chi connectivity index (χ2n) is 3.86. The van der Waals surface area contributed by atoms with Gasteiger partial charge >= 0.3 is 0 Å². The summed E-state index contributed by atoms with van der Waals surface area (Å²) in [6.07, 6.45) is 1.30. The van der Waals surface area contributed by atoms with E-state index in [2.05, 4.69) is 13.6 Å². The van der Waals surface area contributed by atoms with Crippen LogP contribution in [0.3, 0.4) is 0 Å². The van der Waals surface area contributed by atoms with E-state index in [9.17, 15) is 0 Å². The molecule has 2 aliphatic heterocycles. The average molecular weight is 216 g/mol. The second-order valence-corrected chi connectivity index (χ2v) is 4.74. The normalized spacial score (nSPS) is 37.2. The Kier molecular flexibility index (Phi) is 1.82. The van der Waals surface area contributed by atoms with Gasteiger partial charge in [0.1, 0.15) is 0 Å². The minimum atomic E-state index is 0.556. The molecule has 13 heavy (non-hydrogen) atoms. The first kappa shape index (κ1) is 8.15. The lowest BCUT2D eigenvalue weighted by molar-refractivity contribution is 0.344. The van der Waals surface area contributed by atoms with E-state index in [-0.39, 0.29) is 0 Å². The van der Waals surface area contributed by atoms with Gasteiger partial charge in [-0.1, -0.05) is 11.6 Å². The van der Waals surface area contributed by atoms with Crippen molar-refractivity contribution in [1.29, 1.82) is 0 Å². The number of hydrogen-bond donors (Lipinski definition) is 0. The molecule has 0 aliphatic carbocycles. The highest BCUT2D eigenvalue weighted by atomic mass is 35.5. The van der Waals surface area contributed by atoms with Crippen LogP contribution in [-0.4, -0.2) is 33.3 Å². The summed E-state index contributed by atoms with van der Waals surface area (Å²) >= 11 is 7.21. The highest BCUT2D eigenvalue weighted by Gasteiger charge is 2.40. The van der Waals surface area contributed by atoms with Gasteiger partial charge in [0.15, 0.2) is 5.15 Å². The Labute approximate surface area is 86.0 Å². The second kappa shape index (κ2) is 2.90. The molecule has 0 radical (unpaired) electrons. The van der Waals surface area contributed by atoms with Gasteiger partial charge in [-0.25, -0.2) is 0 Å². The molecule has 70 valence electrons. The van der Waals surface area contributed by atoms with E-state index in [1.54, 1.807) is 0 Å². The summed E-state index contributed by atoms with van der Waals surface area (Å²) < 4.78 is 8.31. The van der Waals surface area contributed by atoms with Gasteiger partial charge < -0.3 is 4.90 Å². The number of nitrogens with zero attached hydrogens (tertiary/aromatic N) is 3. The van der Waals surface area contributed by atoms with Gasteiger partial charge in [-0.2, -0.15) is 8.75 Å². The summed E-state index contributed by atoms with van der Waals surface area (Å²) in [5.41, 5.74) is 1.04. The number of hydrogen-bond acceptors (Lipinski definition) is 4. The molecule has 2 bridgehead atoms. The van der Waals surface area contributed by atoms with Crippen molar-refractivity contribution < 1.29 is 0 Å². The van der Waals surface area contributed by atoms with Crippen LogP contribution < -0.4 is 0 Å². The van der Waals surface area contributed by atoms with E-state index in [0.717, 1.165) is 18.2 Å². The molecule has 0 saturated carbocycles. The van der Waals surface area contributed by atoms with Crippen LogP contribution in [0.4, 0.5) is 0 Å². The standard InChI is InChI=1S/C8H10ClN3S/c9-8-7(10-13-11-8)6-4-12-2-1-5(6)3-12/h5-6H,1-4H2/t5?,6-/m0/s1. The van der Waals surface area contributed by atoms with E-state index < -0.39 is 0 Å². The molecule has 0 spiro atoms. The predicted octanol–water partition coefficient (Wildman–Crippen LogP) is 1.61. The molecule has 2 unspecified atom stereocenters. The Morgan fingerprint density at radius 2 is 2.31 bits per heavy atom. The van der Waals surface area contributed by atoms with Crippen molar-refractivity contribution in [3.8, 4) is 0 Å². The topological polar surface area (TPSA) is 29.0 Å². The zero-order valence-electron chi connectivity index (χ0n) is 7.11. The maximum Gasteiger partial charge on any atom is 0.166 e. The summed E-state index contributed by atoms with van der Waals surface area (Å²) in [6.45, 7) is 3.63. The van der Waals surface area contributed by atoms with Crippen LogP contribution in [0.15, 0.2) is 0 Å². The molecule has 3 rings (SSSR count). The number of rotatable bonds is 1. The van der Waals surface area contributed by atoms with Crippen molar-refractivity contribution in [3.05, 3.63) is 10.8 Å². The number of fused-ring (bicyclic) bond motifs is 2. The zero-order chi connectivity index (χ0) is 8.84. The molecule has 2 fully saturated rings. The molecule has 3 heterocycles. The van der Waals surface area contributed by atoms with E-state index in [4.69, 9.17) is 11.6 Å². The third kappa shape index (κ3) is 1.20. The number of piperidine rings is 1.